The highest BCUT2D eigenvalue weighted by Gasteiger charge is 2.25. The molecular formula is C13H15N5. The molecule has 2 aromatic rings. The van der Waals surface area contributed by atoms with Gasteiger partial charge < -0.3 is 16.0 Å². The van der Waals surface area contributed by atoms with Crippen LogP contribution >= 0.6 is 0 Å². The molecule has 1 aliphatic rings. The van der Waals surface area contributed by atoms with E-state index in [2.05, 4.69) is 21.4 Å². The minimum Gasteiger partial charge on any atom is -0.384 e. The number of H-pyrrole nitrogens is 1. The first-order valence-corrected chi connectivity index (χ1v) is 5.80. The van der Waals surface area contributed by atoms with Gasteiger partial charge in [-0.05, 0) is 23.8 Å². The molecule has 1 unspecified atom stereocenters. The molecule has 5 nitrogen and oxygen atoms in total. The monoisotopic (exact) mass is 241 g/mol. The number of aromatic amines is 1. The second-order valence-corrected chi connectivity index (χ2v) is 4.47. The molecule has 5 heteroatoms. The number of benzene rings is 1. The van der Waals surface area contributed by atoms with Crippen molar-refractivity contribution in [2.24, 2.45) is 16.5 Å². The van der Waals surface area contributed by atoms with Crippen LogP contribution in [0.4, 0.5) is 0 Å². The maximum Gasteiger partial charge on any atom is 0.188 e. The number of aliphatic imine (C=N–C) groups is 1. The van der Waals surface area contributed by atoms with Crippen LogP contribution in [0.3, 0.4) is 0 Å². The predicted octanol–water partition coefficient (Wildman–Crippen LogP) is 0.797. The van der Waals surface area contributed by atoms with Crippen LogP contribution < -0.4 is 16.8 Å². The molecule has 1 aliphatic heterocycles. The summed E-state index contributed by atoms with van der Waals surface area (Å²) >= 11 is 0. The summed E-state index contributed by atoms with van der Waals surface area (Å²) in [7, 11) is 0. The van der Waals surface area contributed by atoms with Gasteiger partial charge in [0.15, 0.2) is 5.79 Å². The predicted molar refractivity (Wildman–Crippen MR) is 72.8 cm³/mol. The van der Waals surface area contributed by atoms with Gasteiger partial charge in [0.1, 0.15) is 5.84 Å². The average molecular weight is 241 g/mol. The van der Waals surface area contributed by atoms with Crippen molar-refractivity contribution in [3.8, 4) is 0 Å². The lowest BCUT2D eigenvalue weighted by molar-refractivity contribution is 0.391. The van der Waals surface area contributed by atoms with Crippen LogP contribution in [0, 0.1) is 0 Å². The molecule has 0 spiro atoms. The molecular weight excluding hydrogens is 226 g/mol. The Morgan fingerprint density at radius 2 is 2.17 bits per heavy atom. The van der Waals surface area contributed by atoms with Crippen molar-refractivity contribution in [3.63, 3.8) is 0 Å². The molecule has 92 valence electrons. The standard InChI is InChI=1S/C13H15N5/c14-12-5-7-17-13(15,18-12)8-9-2-1-3-11-10(9)4-6-16-11/h1-7,16-17H,8,15H2,(H2,14,18). The van der Waals surface area contributed by atoms with Gasteiger partial charge in [-0.3, -0.25) is 5.73 Å². The molecule has 2 heterocycles. The van der Waals surface area contributed by atoms with Crippen molar-refractivity contribution in [2.45, 2.75) is 12.2 Å². The minimum atomic E-state index is -0.871. The second-order valence-electron chi connectivity index (χ2n) is 4.47. The van der Waals surface area contributed by atoms with Gasteiger partial charge >= 0.3 is 0 Å². The Balaban J connectivity index is 1.97. The van der Waals surface area contributed by atoms with E-state index in [9.17, 15) is 0 Å². The lowest BCUT2D eigenvalue weighted by Crippen LogP contribution is -2.54. The van der Waals surface area contributed by atoms with Crippen molar-refractivity contribution in [2.75, 3.05) is 0 Å². The van der Waals surface area contributed by atoms with Gasteiger partial charge in [0, 0.05) is 29.7 Å². The molecule has 6 N–H and O–H groups in total. The zero-order valence-corrected chi connectivity index (χ0v) is 9.85. The number of nitrogens with two attached hydrogens (primary N) is 2. The van der Waals surface area contributed by atoms with E-state index in [-0.39, 0.29) is 0 Å². The smallest absolute Gasteiger partial charge is 0.188 e. The van der Waals surface area contributed by atoms with Crippen LogP contribution in [0.15, 0.2) is 47.7 Å². The summed E-state index contributed by atoms with van der Waals surface area (Å²) < 4.78 is 0. The Kier molecular flexibility index (Phi) is 2.34. The van der Waals surface area contributed by atoms with Crippen LogP contribution in [0.25, 0.3) is 10.9 Å². The first-order valence-electron chi connectivity index (χ1n) is 5.80. The highest BCUT2D eigenvalue weighted by molar-refractivity contribution is 5.92. The Morgan fingerprint density at radius 1 is 1.28 bits per heavy atom. The van der Waals surface area contributed by atoms with E-state index >= 15 is 0 Å². The first kappa shape index (κ1) is 10.9. The van der Waals surface area contributed by atoms with Crippen LogP contribution in [0.2, 0.25) is 0 Å². The molecule has 1 aromatic carbocycles. The van der Waals surface area contributed by atoms with Crippen LogP contribution in [-0.2, 0) is 6.42 Å². The van der Waals surface area contributed by atoms with Gasteiger partial charge in [0.25, 0.3) is 0 Å². The summed E-state index contributed by atoms with van der Waals surface area (Å²) in [5.41, 5.74) is 14.1. The molecule has 0 saturated heterocycles. The summed E-state index contributed by atoms with van der Waals surface area (Å²) in [5, 5.41) is 4.21. The fraction of sp³-hybridized carbons (Fsp3) is 0.154. The fourth-order valence-electron chi connectivity index (χ4n) is 2.26. The van der Waals surface area contributed by atoms with E-state index < -0.39 is 5.79 Å². The van der Waals surface area contributed by atoms with Crippen molar-refractivity contribution in [1.82, 2.24) is 10.3 Å². The van der Waals surface area contributed by atoms with Crippen LogP contribution in [-0.4, -0.2) is 16.6 Å². The zero-order chi connectivity index (χ0) is 12.6. The quantitative estimate of drug-likeness (QED) is 0.626. The molecule has 3 rings (SSSR count). The SMILES string of the molecule is NC1=NC(N)(Cc2cccc3[nH]ccc23)NC=C1. The van der Waals surface area contributed by atoms with Crippen molar-refractivity contribution < 1.29 is 0 Å². The summed E-state index contributed by atoms with van der Waals surface area (Å²) in [6.45, 7) is 0. The molecule has 1 atom stereocenters. The summed E-state index contributed by atoms with van der Waals surface area (Å²) in [6, 6.07) is 8.13. The largest absolute Gasteiger partial charge is 0.384 e. The van der Waals surface area contributed by atoms with Gasteiger partial charge in [-0.25, -0.2) is 4.99 Å². The lowest BCUT2D eigenvalue weighted by atomic mass is 10.0. The van der Waals surface area contributed by atoms with Gasteiger partial charge in [0.2, 0.25) is 0 Å². The van der Waals surface area contributed by atoms with Gasteiger partial charge in [-0.1, -0.05) is 12.1 Å². The molecule has 0 saturated carbocycles. The number of hydrogen-bond acceptors (Lipinski definition) is 4. The molecule has 0 amide bonds. The normalized spacial score (nSPS) is 22.8. The van der Waals surface area contributed by atoms with Crippen molar-refractivity contribution >= 4 is 16.7 Å². The van der Waals surface area contributed by atoms with Gasteiger partial charge in [-0.15, -0.1) is 0 Å². The number of hydrogen-bond donors (Lipinski definition) is 4. The number of nitrogens with zero attached hydrogens (tertiary/aromatic N) is 1. The average Bonchev–Trinajstić information content (AvgIpc) is 2.77. The number of amidine groups is 1. The third kappa shape index (κ3) is 1.84. The van der Waals surface area contributed by atoms with E-state index in [0.29, 0.717) is 12.3 Å². The van der Waals surface area contributed by atoms with E-state index in [1.165, 1.54) is 0 Å². The highest BCUT2D eigenvalue weighted by Crippen LogP contribution is 2.21. The Labute approximate surface area is 105 Å². The summed E-state index contributed by atoms with van der Waals surface area (Å²) in [6.07, 6.45) is 5.93. The Morgan fingerprint density at radius 3 is 3.00 bits per heavy atom. The highest BCUT2D eigenvalue weighted by atomic mass is 15.3. The fourth-order valence-corrected chi connectivity index (χ4v) is 2.26. The number of fused-ring (bicyclic) bond motifs is 1. The Bertz CT molecular complexity index is 640. The molecule has 0 radical (unpaired) electrons. The molecule has 18 heavy (non-hydrogen) atoms. The number of aromatic nitrogens is 1. The maximum atomic E-state index is 6.20. The van der Waals surface area contributed by atoms with Gasteiger partial charge in [0.05, 0.1) is 0 Å². The van der Waals surface area contributed by atoms with Crippen LogP contribution in [0.5, 0.6) is 0 Å². The molecule has 1 aromatic heterocycles. The number of rotatable bonds is 2. The van der Waals surface area contributed by atoms with Gasteiger partial charge in [-0.2, -0.15) is 0 Å². The molecule has 0 bridgehead atoms. The van der Waals surface area contributed by atoms with Crippen molar-refractivity contribution in [1.29, 1.82) is 0 Å². The lowest BCUT2D eigenvalue weighted by Gasteiger charge is -2.28. The first-order chi connectivity index (χ1) is 8.66. The third-order valence-corrected chi connectivity index (χ3v) is 3.06. The van der Waals surface area contributed by atoms with E-state index in [0.717, 1.165) is 16.5 Å². The Hall–Kier alpha value is -2.27. The van der Waals surface area contributed by atoms with E-state index in [4.69, 9.17) is 11.5 Å². The number of nitrogens with one attached hydrogen (secondary N) is 2. The van der Waals surface area contributed by atoms with Crippen molar-refractivity contribution in [3.05, 3.63) is 48.3 Å². The summed E-state index contributed by atoms with van der Waals surface area (Å²) in [5.74, 6) is -0.429. The van der Waals surface area contributed by atoms with E-state index in [1.54, 1.807) is 12.3 Å². The minimum absolute atomic E-state index is 0.442. The summed E-state index contributed by atoms with van der Waals surface area (Å²) in [4.78, 5) is 7.45. The molecule has 0 fully saturated rings. The maximum absolute atomic E-state index is 6.20. The third-order valence-electron chi connectivity index (χ3n) is 3.06. The van der Waals surface area contributed by atoms with Crippen LogP contribution in [0.1, 0.15) is 5.56 Å². The topological polar surface area (TPSA) is 92.2 Å². The second kappa shape index (κ2) is 3.89. The van der Waals surface area contributed by atoms with E-state index in [1.807, 2.05) is 24.4 Å². The zero-order valence-electron chi connectivity index (χ0n) is 9.85. The molecule has 0 aliphatic carbocycles.